The van der Waals surface area contributed by atoms with E-state index in [2.05, 4.69) is 4.98 Å². The molecule has 2 aromatic heterocycles. The summed E-state index contributed by atoms with van der Waals surface area (Å²) in [5.41, 5.74) is 4.72. The van der Waals surface area contributed by atoms with Gasteiger partial charge in [0.2, 0.25) is 5.91 Å². The van der Waals surface area contributed by atoms with Gasteiger partial charge in [0.1, 0.15) is 0 Å². The Balaban J connectivity index is 1.57. The highest BCUT2D eigenvalue weighted by Crippen LogP contribution is 2.34. The molecule has 1 fully saturated rings. The molecule has 2 aromatic carbocycles. The Morgan fingerprint density at radius 3 is 2.56 bits per heavy atom. The second kappa shape index (κ2) is 9.16. The second-order valence-electron chi connectivity index (χ2n) is 9.02. The number of benzene rings is 2. The average Bonchev–Trinajstić information content (AvgIpc) is 3.42. The van der Waals surface area contributed by atoms with Gasteiger partial charge in [0.25, 0.3) is 5.91 Å². The molecule has 0 radical (unpaired) electrons. The Labute approximate surface area is 202 Å². The number of fused-ring (bicyclic) bond motifs is 1. The topological polar surface area (TPSA) is 75.4 Å². The Morgan fingerprint density at radius 1 is 1.15 bits per heavy atom. The standard InChI is InChI=1S/C27H27N3O3S/c1-17-3-8-21(9-4-17)26(33)30-18(2)22(23-13-20(16-31)7-10-24(23)30)14-25(32)29(15-19-5-6-19)27-28-11-12-34-27/h3-4,7-13,19,31H,5-6,14-16H2,1-2H3. The molecule has 7 heteroatoms. The highest BCUT2D eigenvalue weighted by molar-refractivity contribution is 7.13. The molecule has 2 heterocycles. The molecule has 4 aromatic rings. The van der Waals surface area contributed by atoms with Gasteiger partial charge in [-0.05, 0) is 68.0 Å². The van der Waals surface area contributed by atoms with Gasteiger partial charge >= 0.3 is 0 Å². The van der Waals surface area contributed by atoms with Crippen molar-refractivity contribution in [1.29, 1.82) is 0 Å². The van der Waals surface area contributed by atoms with E-state index in [-0.39, 0.29) is 24.8 Å². The zero-order chi connectivity index (χ0) is 23.8. The maximum atomic E-state index is 13.6. The molecule has 1 amide bonds. The minimum absolute atomic E-state index is 0.0267. The first-order valence-corrected chi connectivity index (χ1v) is 12.4. The van der Waals surface area contributed by atoms with Gasteiger partial charge in [0, 0.05) is 34.8 Å². The van der Waals surface area contributed by atoms with Gasteiger partial charge < -0.3 is 5.11 Å². The van der Waals surface area contributed by atoms with E-state index in [9.17, 15) is 14.7 Å². The van der Waals surface area contributed by atoms with Crippen molar-refractivity contribution in [3.63, 3.8) is 0 Å². The van der Waals surface area contributed by atoms with Crippen molar-refractivity contribution in [1.82, 2.24) is 9.55 Å². The molecule has 1 N–H and O–H groups in total. The van der Waals surface area contributed by atoms with E-state index in [1.165, 1.54) is 11.3 Å². The van der Waals surface area contributed by atoms with Crippen molar-refractivity contribution in [2.24, 2.45) is 5.92 Å². The molecule has 0 saturated heterocycles. The average molecular weight is 474 g/mol. The van der Waals surface area contributed by atoms with Crippen molar-refractivity contribution in [2.75, 3.05) is 11.4 Å². The summed E-state index contributed by atoms with van der Waals surface area (Å²) in [6.45, 7) is 4.45. The lowest BCUT2D eigenvalue weighted by Crippen LogP contribution is -2.34. The summed E-state index contributed by atoms with van der Waals surface area (Å²) in [6, 6.07) is 13.1. The van der Waals surface area contributed by atoms with Gasteiger partial charge in [-0.3, -0.25) is 19.1 Å². The number of aliphatic hydroxyl groups is 1. The largest absolute Gasteiger partial charge is 0.392 e. The number of anilines is 1. The summed E-state index contributed by atoms with van der Waals surface area (Å²) in [5.74, 6) is 0.369. The summed E-state index contributed by atoms with van der Waals surface area (Å²) >= 11 is 1.46. The van der Waals surface area contributed by atoms with Crippen LogP contribution in [0.5, 0.6) is 0 Å². The fourth-order valence-electron chi connectivity index (χ4n) is 4.38. The number of rotatable bonds is 7. The summed E-state index contributed by atoms with van der Waals surface area (Å²) < 4.78 is 1.69. The monoisotopic (exact) mass is 473 g/mol. The maximum Gasteiger partial charge on any atom is 0.262 e. The van der Waals surface area contributed by atoms with Crippen LogP contribution in [-0.4, -0.2) is 33.0 Å². The van der Waals surface area contributed by atoms with E-state index >= 15 is 0 Å². The first-order valence-electron chi connectivity index (χ1n) is 11.5. The molecule has 1 aliphatic rings. The second-order valence-corrected chi connectivity index (χ2v) is 9.89. The normalized spacial score (nSPS) is 13.4. The third-order valence-corrected chi connectivity index (χ3v) is 7.29. The molecular weight excluding hydrogens is 446 g/mol. The van der Waals surface area contributed by atoms with E-state index < -0.39 is 0 Å². The third-order valence-electron chi connectivity index (χ3n) is 6.50. The van der Waals surface area contributed by atoms with Crippen LogP contribution >= 0.6 is 11.3 Å². The van der Waals surface area contributed by atoms with Crippen LogP contribution in [0.4, 0.5) is 5.13 Å². The number of aryl methyl sites for hydroxylation is 1. The smallest absolute Gasteiger partial charge is 0.262 e. The van der Waals surface area contributed by atoms with Gasteiger partial charge in [0.05, 0.1) is 18.5 Å². The van der Waals surface area contributed by atoms with Crippen LogP contribution in [0.3, 0.4) is 0 Å². The molecule has 0 bridgehead atoms. The van der Waals surface area contributed by atoms with E-state index in [0.717, 1.165) is 46.1 Å². The predicted molar refractivity (Wildman–Crippen MR) is 134 cm³/mol. The van der Waals surface area contributed by atoms with E-state index in [4.69, 9.17) is 0 Å². The number of nitrogens with zero attached hydrogens (tertiary/aromatic N) is 3. The molecular formula is C27H27N3O3S. The van der Waals surface area contributed by atoms with Gasteiger partial charge in [0.15, 0.2) is 5.13 Å². The first-order chi connectivity index (χ1) is 16.5. The molecule has 0 atom stereocenters. The Morgan fingerprint density at radius 2 is 1.91 bits per heavy atom. The number of hydrogen-bond acceptors (Lipinski definition) is 5. The van der Waals surface area contributed by atoms with Crippen LogP contribution in [-0.2, 0) is 17.8 Å². The maximum absolute atomic E-state index is 13.6. The van der Waals surface area contributed by atoms with E-state index in [1.54, 1.807) is 15.7 Å². The fourth-order valence-corrected chi connectivity index (χ4v) is 5.05. The summed E-state index contributed by atoms with van der Waals surface area (Å²) in [4.78, 5) is 33.3. The fraction of sp³-hybridized carbons (Fsp3) is 0.296. The van der Waals surface area contributed by atoms with Gasteiger partial charge in [-0.2, -0.15) is 0 Å². The number of thiazole rings is 1. The number of hydrogen-bond donors (Lipinski definition) is 1. The number of carbonyl (C=O) groups is 2. The molecule has 34 heavy (non-hydrogen) atoms. The minimum atomic E-state index is -0.132. The van der Waals surface area contributed by atoms with Crippen molar-refractivity contribution < 1.29 is 14.7 Å². The van der Waals surface area contributed by atoms with Crippen LogP contribution in [0.25, 0.3) is 10.9 Å². The molecule has 0 aliphatic heterocycles. The molecule has 0 unspecified atom stereocenters. The van der Waals surface area contributed by atoms with E-state index in [1.807, 2.05) is 61.7 Å². The van der Waals surface area contributed by atoms with Crippen LogP contribution < -0.4 is 4.90 Å². The lowest BCUT2D eigenvalue weighted by molar-refractivity contribution is -0.118. The van der Waals surface area contributed by atoms with Gasteiger partial charge in [-0.15, -0.1) is 11.3 Å². The Hall–Kier alpha value is -3.29. The Kier molecular flexibility index (Phi) is 6.06. The molecule has 0 spiro atoms. The summed E-state index contributed by atoms with van der Waals surface area (Å²) in [6.07, 6.45) is 4.16. The van der Waals surface area contributed by atoms with E-state index in [0.29, 0.717) is 23.2 Å². The zero-order valence-electron chi connectivity index (χ0n) is 19.3. The van der Waals surface area contributed by atoms with Crippen LogP contribution in [0.2, 0.25) is 0 Å². The predicted octanol–water partition coefficient (Wildman–Crippen LogP) is 4.88. The van der Waals surface area contributed by atoms with Crippen molar-refractivity contribution >= 4 is 39.2 Å². The molecule has 6 nitrogen and oxygen atoms in total. The highest BCUT2D eigenvalue weighted by atomic mass is 32.1. The van der Waals surface area contributed by atoms with Crippen molar-refractivity contribution in [3.8, 4) is 0 Å². The van der Waals surface area contributed by atoms with Crippen LogP contribution in [0.1, 0.15) is 45.6 Å². The number of aromatic nitrogens is 2. The molecule has 1 aliphatic carbocycles. The SMILES string of the molecule is Cc1ccc(C(=O)n2c(C)c(CC(=O)N(CC3CC3)c3nccs3)c3cc(CO)ccc32)cc1. The molecule has 174 valence electrons. The first kappa shape index (κ1) is 22.5. The number of amides is 1. The summed E-state index contributed by atoms with van der Waals surface area (Å²) in [7, 11) is 0. The van der Waals surface area contributed by atoms with Crippen LogP contribution in [0, 0.1) is 19.8 Å². The Bertz CT molecular complexity index is 1350. The van der Waals surface area contributed by atoms with Crippen LogP contribution in [0.15, 0.2) is 54.0 Å². The number of carbonyl (C=O) groups excluding carboxylic acids is 2. The lowest BCUT2D eigenvalue weighted by atomic mass is 10.0. The molecule has 5 rings (SSSR count). The van der Waals surface area contributed by atoms with Crippen molar-refractivity contribution in [2.45, 2.75) is 39.7 Å². The van der Waals surface area contributed by atoms with Crippen molar-refractivity contribution in [3.05, 3.63) is 82.0 Å². The number of aliphatic hydroxyl groups excluding tert-OH is 1. The quantitative estimate of drug-likeness (QED) is 0.415. The summed E-state index contributed by atoms with van der Waals surface area (Å²) in [5, 5.41) is 13.1. The third kappa shape index (κ3) is 4.29. The minimum Gasteiger partial charge on any atom is -0.392 e. The van der Waals surface area contributed by atoms with Gasteiger partial charge in [-0.25, -0.2) is 4.98 Å². The highest BCUT2D eigenvalue weighted by Gasteiger charge is 2.30. The lowest BCUT2D eigenvalue weighted by Gasteiger charge is -2.20. The molecule has 1 saturated carbocycles. The van der Waals surface area contributed by atoms with Gasteiger partial charge in [-0.1, -0.05) is 23.8 Å². The zero-order valence-corrected chi connectivity index (χ0v) is 20.1.